The van der Waals surface area contributed by atoms with Crippen molar-refractivity contribution in [1.29, 1.82) is 0 Å². The van der Waals surface area contributed by atoms with Gasteiger partial charge in [0, 0.05) is 35.7 Å². The SMILES string of the molecule is C=C(c1ccc(C(C)(F)F)cc1OCC)N(C(=O)Nc1cc(OC)ccc1OC)C(/C(C)=C/C)C(C)c1ccc(C)cc1.C=CCO. The third-order valence-electron chi connectivity index (χ3n) is 7.66. The van der Waals surface area contributed by atoms with Gasteiger partial charge >= 0.3 is 6.03 Å². The van der Waals surface area contributed by atoms with E-state index in [1.165, 1.54) is 38.5 Å². The Balaban J connectivity index is 0.00000181. The molecule has 0 saturated carbocycles. The van der Waals surface area contributed by atoms with Crippen molar-refractivity contribution >= 4 is 17.4 Å². The van der Waals surface area contributed by atoms with E-state index >= 15 is 0 Å². The van der Waals surface area contributed by atoms with Gasteiger partial charge in [-0.2, -0.15) is 0 Å². The van der Waals surface area contributed by atoms with Gasteiger partial charge in [-0.25, -0.2) is 13.6 Å². The maximum absolute atomic E-state index is 14.4. The summed E-state index contributed by atoms with van der Waals surface area (Å²) in [7, 11) is 3.05. The van der Waals surface area contributed by atoms with Crippen LogP contribution in [0, 0.1) is 6.92 Å². The number of benzene rings is 3. The maximum Gasteiger partial charge on any atom is 0.327 e. The maximum atomic E-state index is 14.4. The van der Waals surface area contributed by atoms with Crippen LogP contribution < -0.4 is 19.5 Å². The molecule has 0 aliphatic heterocycles. The van der Waals surface area contributed by atoms with Crippen LogP contribution in [-0.2, 0) is 5.92 Å². The van der Waals surface area contributed by atoms with Gasteiger partial charge in [-0.15, -0.1) is 6.58 Å². The number of aliphatic hydroxyl groups excluding tert-OH is 1. The number of carbonyl (C=O) groups is 1. The zero-order valence-corrected chi connectivity index (χ0v) is 28.7. The lowest BCUT2D eigenvalue weighted by Crippen LogP contribution is -2.45. The van der Waals surface area contributed by atoms with Crippen molar-refractivity contribution < 1.29 is 32.9 Å². The van der Waals surface area contributed by atoms with Crippen LogP contribution in [0.25, 0.3) is 5.70 Å². The molecule has 2 N–H and O–H groups in total. The highest BCUT2D eigenvalue weighted by atomic mass is 19.3. The molecular weight excluding hydrogens is 602 g/mol. The Labute approximate surface area is 278 Å². The fraction of sp³-hybridized carbons (Fsp3) is 0.342. The molecule has 0 aliphatic rings. The number of alkyl halides is 2. The lowest BCUT2D eigenvalue weighted by atomic mass is 9.86. The molecule has 0 spiro atoms. The van der Waals surface area contributed by atoms with Gasteiger partial charge in [0.15, 0.2) is 0 Å². The van der Waals surface area contributed by atoms with Crippen LogP contribution in [0.2, 0.25) is 0 Å². The Bertz CT molecular complexity index is 1530. The Kier molecular flexibility index (Phi) is 14.7. The number of carbonyl (C=O) groups excluding carboxylic acids is 1. The van der Waals surface area contributed by atoms with Gasteiger partial charge in [0.2, 0.25) is 0 Å². The first-order chi connectivity index (χ1) is 22.3. The Morgan fingerprint density at radius 2 is 1.70 bits per heavy atom. The summed E-state index contributed by atoms with van der Waals surface area (Å²) >= 11 is 0. The fourth-order valence-corrected chi connectivity index (χ4v) is 4.99. The minimum Gasteiger partial charge on any atom is -0.497 e. The van der Waals surface area contributed by atoms with E-state index < -0.39 is 18.0 Å². The summed E-state index contributed by atoms with van der Waals surface area (Å²) in [5, 5.41) is 10.7. The molecule has 3 rings (SSSR count). The molecule has 7 nitrogen and oxygen atoms in total. The molecule has 3 aromatic carbocycles. The highest BCUT2D eigenvalue weighted by Gasteiger charge is 2.35. The number of urea groups is 1. The van der Waals surface area contributed by atoms with Crippen LogP contribution in [0.15, 0.2) is 91.5 Å². The van der Waals surface area contributed by atoms with Crippen molar-refractivity contribution in [2.45, 2.75) is 59.4 Å². The summed E-state index contributed by atoms with van der Waals surface area (Å²) in [5.74, 6) is -2.07. The highest BCUT2D eigenvalue weighted by molar-refractivity contribution is 5.97. The molecule has 0 heterocycles. The number of rotatable bonds is 13. The molecule has 2 unspecified atom stereocenters. The average molecular weight is 651 g/mol. The molecule has 3 aromatic rings. The minimum absolute atomic E-state index is 0.0833. The highest BCUT2D eigenvalue weighted by Crippen LogP contribution is 2.39. The number of halogens is 2. The number of aliphatic hydroxyl groups is 1. The number of nitrogens with zero attached hydrogens (tertiary/aromatic N) is 1. The third-order valence-corrected chi connectivity index (χ3v) is 7.66. The van der Waals surface area contributed by atoms with Crippen molar-refractivity contribution in [2.75, 3.05) is 32.8 Å². The Hall–Kier alpha value is -4.63. The van der Waals surface area contributed by atoms with Crippen LogP contribution in [0.3, 0.4) is 0 Å². The van der Waals surface area contributed by atoms with Crippen molar-refractivity contribution in [3.05, 3.63) is 114 Å². The van der Waals surface area contributed by atoms with Crippen LogP contribution in [-0.4, -0.2) is 49.5 Å². The first-order valence-electron chi connectivity index (χ1n) is 15.3. The quantitative estimate of drug-likeness (QED) is 0.180. The first kappa shape index (κ1) is 38.6. The normalized spacial score (nSPS) is 12.5. The molecule has 2 amide bonds. The minimum atomic E-state index is -3.07. The summed E-state index contributed by atoms with van der Waals surface area (Å²) in [6.45, 7) is 18.4. The number of allylic oxidation sites excluding steroid dienone is 1. The van der Waals surface area contributed by atoms with Crippen molar-refractivity contribution in [3.8, 4) is 17.2 Å². The molecule has 0 bridgehead atoms. The lowest BCUT2D eigenvalue weighted by molar-refractivity contribution is 0.0172. The van der Waals surface area contributed by atoms with E-state index in [0.717, 1.165) is 23.6 Å². The molecule has 47 heavy (non-hydrogen) atoms. The lowest BCUT2D eigenvalue weighted by Gasteiger charge is -2.38. The van der Waals surface area contributed by atoms with E-state index in [9.17, 15) is 13.6 Å². The van der Waals surface area contributed by atoms with Crippen molar-refractivity contribution in [2.24, 2.45) is 0 Å². The van der Waals surface area contributed by atoms with Crippen LogP contribution in [0.1, 0.15) is 62.8 Å². The average Bonchev–Trinajstić information content (AvgIpc) is 3.06. The van der Waals surface area contributed by atoms with E-state index in [1.54, 1.807) is 30.0 Å². The number of hydrogen-bond acceptors (Lipinski definition) is 5. The second kappa shape index (κ2) is 17.9. The summed E-state index contributed by atoms with van der Waals surface area (Å²) in [5.41, 5.74) is 3.97. The monoisotopic (exact) mass is 650 g/mol. The molecule has 254 valence electrons. The van der Waals surface area contributed by atoms with Gasteiger partial charge in [-0.1, -0.05) is 67.1 Å². The molecule has 0 aliphatic carbocycles. The summed E-state index contributed by atoms with van der Waals surface area (Å²) < 4.78 is 45.3. The summed E-state index contributed by atoms with van der Waals surface area (Å²) in [4.78, 5) is 16.0. The molecule has 0 aromatic heterocycles. The van der Waals surface area contributed by atoms with Gasteiger partial charge in [-0.3, -0.25) is 4.90 Å². The van der Waals surface area contributed by atoms with Crippen molar-refractivity contribution in [1.82, 2.24) is 4.90 Å². The number of amides is 2. The number of methoxy groups -OCH3 is 2. The smallest absolute Gasteiger partial charge is 0.327 e. The molecule has 0 fully saturated rings. The van der Waals surface area contributed by atoms with E-state index in [2.05, 4.69) is 18.5 Å². The van der Waals surface area contributed by atoms with Crippen molar-refractivity contribution in [3.63, 3.8) is 0 Å². The Morgan fingerprint density at radius 1 is 1.06 bits per heavy atom. The number of anilines is 1. The second-order valence-corrected chi connectivity index (χ2v) is 11.0. The van der Waals surface area contributed by atoms with Crippen LogP contribution >= 0.6 is 0 Å². The number of nitrogens with one attached hydrogen (secondary N) is 1. The predicted octanol–water partition coefficient (Wildman–Crippen LogP) is 9.33. The van der Waals surface area contributed by atoms with E-state index in [4.69, 9.17) is 19.3 Å². The predicted molar refractivity (Wildman–Crippen MR) is 187 cm³/mol. The van der Waals surface area contributed by atoms with E-state index in [0.29, 0.717) is 28.4 Å². The molecule has 2 atom stereocenters. The number of hydrogen-bond donors (Lipinski definition) is 2. The van der Waals surface area contributed by atoms with Crippen LogP contribution in [0.5, 0.6) is 17.2 Å². The fourth-order valence-electron chi connectivity index (χ4n) is 4.99. The van der Waals surface area contributed by atoms with E-state index in [1.807, 2.05) is 58.0 Å². The van der Waals surface area contributed by atoms with Gasteiger partial charge in [0.25, 0.3) is 5.92 Å². The second-order valence-electron chi connectivity index (χ2n) is 11.0. The van der Waals surface area contributed by atoms with Gasteiger partial charge < -0.3 is 24.6 Å². The summed E-state index contributed by atoms with van der Waals surface area (Å²) in [6.07, 6.45) is 3.39. The van der Waals surface area contributed by atoms with Gasteiger partial charge in [0.05, 0.1) is 39.2 Å². The largest absolute Gasteiger partial charge is 0.497 e. The molecule has 0 radical (unpaired) electrons. The molecule has 9 heteroatoms. The first-order valence-corrected chi connectivity index (χ1v) is 15.3. The third kappa shape index (κ3) is 10.2. The van der Waals surface area contributed by atoms with Crippen LogP contribution in [0.4, 0.5) is 19.3 Å². The summed E-state index contributed by atoms with van der Waals surface area (Å²) in [6, 6.07) is 16.5. The molecular formula is C38H48F2N2O5. The topological polar surface area (TPSA) is 80.3 Å². The number of aryl methyl sites for hydroxylation is 1. The zero-order valence-electron chi connectivity index (χ0n) is 28.7. The standard InChI is InChI=1S/C35H42F2N2O4.C3H6O/c1-10-23(4)33(24(5)26-14-12-22(3)13-15-26)39(34(40)38-30-21-28(41-8)17-19-31(30)42-9)25(6)29-18-16-27(35(7,36)37)20-32(29)43-11-2;1-2-3-4/h10,12-21,24,33H,6,11H2,1-5,7-9H3,(H,38,40);2,4H,1,3H2/b23-10+;. The molecule has 0 saturated heterocycles. The van der Waals surface area contributed by atoms with Gasteiger partial charge in [-0.05, 0) is 57.5 Å². The Morgan fingerprint density at radius 3 is 2.21 bits per heavy atom. The van der Waals surface area contributed by atoms with Gasteiger partial charge in [0.1, 0.15) is 17.2 Å². The van der Waals surface area contributed by atoms with E-state index in [-0.39, 0.29) is 30.4 Å². The zero-order chi connectivity index (χ0) is 35.3. The number of ether oxygens (including phenoxy) is 3.